The van der Waals surface area contributed by atoms with Crippen LogP contribution in [0.1, 0.15) is 10.4 Å². The van der Waals surface area contributed by atoms with Crippen LogP contribution in [0.3, 0.4) is 0 Å². The molecule has 0 saturated carbocycles. The van der Waals surface area contributed by atoms with E-state index in [0.29, 0.717) is 5.56 Å². The summed E-state index contributed by atoms with van der Waals surface area (Å²) in [5, 5.41) is 3.63. The SMILES string of the molecule is O=C(N[C@@H]1C=CS(=O)(=O)C1)c1ccc(F)cc1. The van der Waals surface area contributed by atoms with Gasteiger partial charge in [0.2, 0.25) is 0 Å². The first-order chi connectivity index (χ1) is 7.96. The molecule has 0 aliphatic carbocycles. The number of rotatable bonds is 2. The van der Waals surface area contributed by atoms with E-state index in [9.17, 15) is 17.6 Å². The second-order valence-electron chi connectivity index (χ2n) is 3.74. The van der Waals surface area contributed by atoms with Crippen molar-refractivity contribution in [2.45, 2.75) is 6.04 Å². The van der Waals surface area contributed by atoms with Crippen LogP contribution in [0.25, 0.3) is 0 Å². The molecule has 0 unspecified atom stereocenters. The summed E-state index contributed by atoms with van der Waals surface area (Å²) in [5.74, 6) is -0.971. The fraction of sp³-hybridized carbons (Fsp3) is 0.182. The Morgan fingerprint density at radius 1 is 1.29 bits per heavy atom. The third-order valence-electron chi connectivity index (χ3n) is 2.35. The molecule has 0 fully saturated rings. The lowest BCUT2D eigenvalue weighted by molar-refractivity contribution is 0.0947. The lowest BCUT2D eigenvalue weighted by Crippen LogP contribution is -2.35. The maximum absolute atomic E-state index is 12.6. The fourth-order valence-electron chi connectivity index (χ4n) is 1.52. The fourth-order valence-corrected chi connectivity index (χ4v) is 2.75. The van der Waals surface area contributed by atoms with Crippen molar-refractivity contribution < 1.29 is 17.6 Å². The normalized spacial score (nSPS) is 21.4. The average molecular weight is 255 g/mol. The third-order valence-corrected chi connectivity index (χ3v) is 3.75. The molecule has 0 aromatic heterocycles. The molecule has 2 rings (SSSR count). The van der Waals surface area contributed by atoms with Crippen molar-refractivity contribution >= 4 is 15.7 Å². The van der Waals surface area contributed by atoms with E-state index in [2.05, 4.69) is 5.32 Å². The monoisotopic (exact) mass is 255 g/mol. The van der Waals surface area contributed by atoms with Gasteiger partial charge >= 0.3 is 0 Å². The molecule has 0 radical (unpaired) electrons. The summed E-state index contributed by atoms with van der Waals surface area (Å²) in [7, 11) is -3.19. The van der Waals surface area contributed by atoms with E-state index in [1.165, 1.54) is 30.3 Å². The number of sulfone groups is 1. The van der Waals surface area contributed by atoms with Crippen molar-refractivity contribution in [1.82, 2.24) is 5.32 Å². The Bertz CT molecular complexity index is 563. The second-order valence-corrected chi connectivity index (χ2v) is 5.68. The largest absolute Gasteiger partial charge is 0.345 e. The third kappa shape index (κ3) is 2.91. The van der Waals surface area contributed by atoms with E-state index in [4.69, 9.17) is 0 Å². The minimum atomic E-state index is -3.19. The molecular formula is C11H10FNO3S. The van der Waals surface area contributed by atoms with Crippen molar-refractivity contribution in [3.05, 3.63) is 47.1 Å². The summed E-state index contributed by atoms with van der Waals surface area (Å²) >= 11 is 0. The molecule has 1 N–H and O–H groups in total. The standard InChI is InChI=1S/C11H10FNO3S/c12-9-3-1-8(2-4-9)11(14)13-10-5-6-17(15,16)7-10/h1-6,10H,7H2,(H,13,14)/t10-/m1/s1. The Morgan fingerprint density at radius 2 is 1.94 bits per heavy atom. The zero-order valence-electron chi connectivity index (χ0n) is 8.76. The van der Waals surface area contributed by atoms with Gasteiger partial charge in [-0.2, -0.15) is 0 Å². The molecular weight excluding hydrogens is 245 g/mol. The van der Waals surface area contributed by atoms with Crippen molar-refractivity contribution in [2.75, 3.05) is 5.75 Å². The quantitative estimate of drug-likeness (QED) is 0.852. The highest BCUT2D eigenvalue weighted by atomic mass is 32.2. The van der Waals surface area contributed by atoms with Crippen LogP contribution in [-0.2, 0) is 9.84 Å². The molecule has 1 aliphatic heterocycles. The molecule has 0 bridgehead atoms. The first-order valence-electron chi connectivity index (χ1n) is 4.94. The number of carbonyl (C=O) groups is 1. The summed E-state index contributed by atoms with van der Waals surface area (Å²) in [6, 6.07) is 4.53. The first kappa shape index (κ1) is 11.8. The summed E-state index contributed by atoms with van der Waals surface area (Å²) in [5.41, 5.74) is 0.295. The molecule has 1 atom stereocenters. The Balaban J connectivity index is 2.04. The number of carbonyl (C=O) groups excluding carboxylic acids is 1. The van der Waals surface area contributed by atoms with Crippen molar-refractivity contribution in [2.24, 2.45) is 0 Å². The summed E-state index contributed by atoms with van der Waals surface area (Å²) in [4.78, 5) is 11.7. The Kier molecular flexibility index (Phi) is 2.97. The highest BCUT2D eigenvalue weighted by Gasteiger charge is 2.23. The van der Waals surface area contributed by atoms with Crippen LogP contribution in [0.4, 0.5) is 4.39 Å². The van der Waals surface area contributed by atoms with Gasteiger partial charge in [-0.05, 0) is 30.3 Å². The van der Waals surface area contributed by atoms with Gasteiger partial charge in [0, 0.05) is 11.0 Å². The molecule has 1 heterocycles. The van der Waals surface area contributed by atoms with Gasteiger partial charge in [0.05, 0.1) is 11.8 Å². The lowest BCUT2D eigenvalue weighted by atomic mass is 10.2. The zero-order valence-corrected chi connectivity index (χ0v) is 9.58. The second kappa shape index (κ2) is 4.29. The van der Waals surface area contributed by atoms with Crippen LogP contribution in [0.5, 0.6) is 0 Å². The van der Waals surface area contributed by atoms with Crippen molar-refractivity contribution in [1.29, 1.82) is 0 Å². The number of hydrogen-bond acceptors (Lipinski definition) is 3. The van der Waals surface area contributed by atoms with E-state index in [1.807, 2.05) is 0 Å². The maximum atomic E-state index is 12.6. The van der Waals surface area contributed by atoms with Crippen LogP contribution in [0.15, 0.2) is 35.7 Å². The minimum absolute atomic E-state index is 0.125. The molecule has 0 saturated heterocycles. The number of nitrogens with one attached hydrogen (secondary N) is 1. The average Bonchev–Trinajstić information content (AvgIpc) is 2.59. The molecule has 90 valence electrons. The van der Waals surface area contributed by atoms with Gasteiger partial charge < -0.3 is 5.32 Å². The summed E-state index contributed by atoms with van der Waals surface area (Å²) < 4.78 is 34.9. The van der Waals surface area contributed by atoms with E-state index >= 15 is 0 Å². The van der Waals surface area contributed by atoms with Crippen LogP contribution in [0, 0.1) is 5.82 Å². The molecule has 1 amide bonds. The summed E-state index contributed by atoms with van der Waals surface area (Å²) in [6.07, 6.45) is 1.43. The lowest BCUT2D eigenvalue weighted by Gasteiger charge is -2.09. The highest BCUT2D eigenvalue weighted by Crippen LogP contribution is 2.09. The maximum Gasteiger partial charge on any atom is 0.251 e. The Labute approximate surface area is 98.1 Å². The minimum Gasteiger partial charge on any atom is -0.345 e. The van der Waals surface area contributed by atoms with E-state index in [0.717, 1.165) is 5.41 Å². The Hall–Kier alpha value is -1.69. The molecule has 1 aromatic carbocycles. The van der Waals surface area contributed by atoms with Crippen LogP contribution < -0.4 is 5.32 Å². The molecule has 6 heteroatoms. The Morgan fingerprint density at radius 3 is 2.47 bits per heavy atom. The van der Waals surface area contributed by atoms with Gasteiger partial charge in [-0.15, -0.1) is 0 Å². The van der Waals surface area contributed by atoms with Crippen molar-refractivity contribution in [3.8, 4) is 0 Å². The van der Waals surface area contributed by atoms with Crippen molar-refractivity contribution in [3.63, 3.8) is 0 Å². The number of benzene rings is 1. The van der Waals surface area contributed by atoms with Gasteiger partial charge in [0.1, 0.15) is 5.82 Å². The van der Waals surface area contributed by atoms with Crippen LogP contribution in [-0.4, -0.2) is 26.1 Å². The number of hydrogen-bond donors (Lipinski definition) is 1. The smallest absolute Gasteiger partial charge is 0.251 e. The molecule has 4 nitrogen and oxygen atoms in total. The molecule has 17 heavy (non-hydrogen) atoms. The van der Waals surface area contributed by atoms with Crippen LogP contribution in [0.2, 0.25) is 0 Å². The van der Waals surface area contributed by atoms with Gasteiger partial charge in [-0.1, -0.05) is 0 Å². The topological polar surface area (TPSA) is 63.2 Å². The molecule has 1 aliphatic rings. The molecule has 0 spiro atoms. The van der Waals surface area contributed by atoms with Crippen LogP contribution >= 0.6 is 0 Å². The van der Waals surface area contributed by atoms with Gasteiger partial charge in [-0.25, -0.2) is 12.8 Å². The van der Waals surface area contributed by atoms with Gasteiger partial charge in [-0.3, -0.25) is 4.79 Å². The zero-order chi connectivity index (χ0) is 12.5. The predicted molar refractivity (Wildman–Crippen MR) is 60.6 cm³/mol. The summed E-state index contributed by atoms with van der Waals surface area (Å²) in [6.45, 7) is 0. The number of amides is 1. The predicted octanol–water partition coefficient (Wildman–Crippen LogP) is 0.866. The molecule has 1 aromatic rings. The van der Waals surface area contributed by atoms with E-state index < -0.39 is 27.6 Å². The van der Waals surface area contributed by atoms with Gasteiger partial charge in [0.15, 0.2) is 9.84 Å². The highest BCUT2D eigenvalue weighted by molar-refractivity contribution is 7.94. The van der Waals surface area contributed by atoms with E-state index in [-0.39, 0.29) is 5.75 Å². The first-order valence-corrected chi connectivity index (χ1v) is 6.65. The van der Waals surface area contributed by atoms with E-state index in [1.54, 1.807) is 0 Å². The number of halogens is 1. The van der Waals surface area contributed by atoms with Gasteiger partial charge in [0.25, 0.3) is 5.91 Å².